The van der Waals surface area contributed by atoms with Crippen LogP contribution in [0.1, 0.15) is 10.4 Å². The van der Waals surface area contributed by atoms with E-state index in [1.807, 2.05) is 11.9 Å². The number of halogens is 1. The van der Waals surface area contributed by atoms with Gasteiger partial charge in [-0.3, -0.25) is 15.6 Å². The molecule has 0 saturated carbocycles. The predicted molar refractivity (Wildman–Crippen MR) is 68.7 cm³/mol. The van der Waals surface area contributed by atoms with E-state index in [-0.39, 0.29) is 11.0 Å². The Morgan fingerprint density at radius 3 is 2.27 bits per heavy atom. The molecule has 0 unspecified atom stereocenters. The first-order chi connectivity index (χ1) is 7.20. The smallest absolute Gasteiger partial charge is 0.269 e. The molecule has 0 aromatic heterocycles. The molecule has 0 spiro atoms. The van der Waals surface area contributed by atoms with Crippen LogP contribution in [-0.2, 0) is 0 Å². The Labute approximate surface area is 102 Å². The maximum atomic E-state index is 11.3. The summed E-state index contributed by atoms with van der Waals surface area (Å²) in [6.07, 6.45) is 0. The second-order valence-electron chi connectivity index (χ2n) is 2.31. The van der Waals surface area contributed by atoms with Gasteiger partial charge in [-0.05, 0) is 30.2 Å². The van der Waals surface area contributed by atoms with Crippen molar-refractivity contribution in [1.82, 2.24) is 10.9 Å². The van der Waals surface area contributed by atoms with Crippen molar-refractivity contribution in [3.8, 4) is 0 Å². The van der Waals surface area contributed by atoms with Crippen LogP contribution < -0.4 is 16.6 Å². The molecule has 15 heavy (non-hydrogen) atoms. The highest BCUT2D eigenvalue weighted by Gasteiger charge is 2.02. The first-order valence-electron chi connectivity index (χ1n) is 3.99. The van der Waals surface area contributed by atoms with Crippen molar-refractivity contribution >= 4 is 39.2 Å². The predicted octanol–water partition coefficient (Wildman–Crippen LogP) is 1.18. The van der Waals surface area contributed by atoms with Gasteiger partial charge in [0.25, 0.3) is 5.91 Å². The van der Waals surface area contributed by atoms with E-state index in [2.05, 4.69) is 39.0 Å². The van der Waals surface area contributed by atoms with Gasteiger partial charge >= 0.3 is 0 Å². The lowest BCUT2D eigenvalue weighted by atomic mass is 10.2. The second kappa shape index (κ2) is 8.19. The summed E-state index contributed by atoms with van der Waals surface area (Å²) in [6.45, 7) is 0. The van der Waals surface area contributed by atoms with Gasteiger partial charge in [-0.25, -0.2) is 0 Å². The number of thiocarbonyl (C=S) groups is 1. The molecule has 4 N–H and O–H groups in total. The molecule has 0 aliphatic heterocycles. The van der Waals surface area contributed by atoms with E-state index in [9.17, 15) is 4.79 Å². The zero-order valence-corrected chi connectivity index (χ0v) is 10.6. The van der Waals surface area contributed by atoms with Crippen molar-refractivity contribution in [1.29, 1.82) is 0 Å². The van der Waals surface area contributed by atoms with Crippen molar-refractivity contribution in [3.63, 3.8) is 0 Å². The maximum Gasteiger partial charge on any atom is 0.269 e. The highest BCUT2D eigenvalue weighted by atomic mass is 79.9. The molecule has 1 aromatic rings. The zero-order valence-electron chi connectivity index (χ0n) is 8.16. The minimum atomic E-state index is -0.270. The average Bonchev–Trinajstić information content (AvgIpc) is 2.30. The second-order valence-corrected chi connectivity index (χ2v) is 2.75. The van der Waals surface area contributed by atoms with Crippen molar-refractivity contribution in [2.45, 2.75) is 0 Å². The summed E-state index contributed by atoms with van der Waals surface area (Å²) in [4.78, 5) is 11.3. The first-order valence-corrected chi connectivity index (χ1v) is 5.98. The minimum absolute atomic E-state index is 0.0317. The molecule has 6 heteroatoms. The van der Waals surface area contributed by atoms with Gasteiger partial charge in [0, 0.05) is 5.56 Å². The number of hydrazine groups is 1. The Balaban J connectivity index is 0.000000921. The topological polar surface area (TPSA) is 67.2 Å². The molecule has 0 saturated heterocycles. The number of hydrogen-bond donors (Lipinski definition) is 3. The summed E-state index contributed by atoms with van der Waals surface area (Å²) in [7, 11) is 0. The van der Waals surface area contributed by atoms with Crippen molar-refractivity contribution in [2.75, 3.05) is 5.83 Å². The van der Waals surface area contributed by atoms with E-state index in [1.54, 1.807) is 24.3 Å². The molecular formula is C9H12BrN3OS. The van der Waals surface area contributed by atoms with Gasteiger partial charge in [0.15, 0.2) is 5.11 Å². The van der Waals surface area contributed by atoms with Crippen LogP contribution in [0.15, 0.2) is 30.3 Å². The van der Waals surface area contributed by atoms with Gasteiger partial charge in [0.2, 0.25) is 0 Å². The van der Waals surface area contributed by atoms with Crippen LogP contribution in [0.25, 0.3) is 0 Å². The van der Waals surface area contributed by atoms with Gasteiger partial charge in [0.05, 0.1) is 0 Å². The zero-order chi connectivity index (χ0) is 11.7. The SMILES string of the molecule is CBr.NC(=S)NNC(=O)c1ccccc1. The number of amides is 1. The highest BCUT2D eigenvalue weighted by Crippen LogP contribution is 1.96. The average molecular weight is 290 g/mol. The Morgan fingerprint density at radius 1 is 1.27 bits per heavy atom. The number of carbonyl (C=O) groups excluding carboxylic acids is 1. The molecule has 4 nitrogen and oxygen atoms in total. The largest absolute Gasteiger partial charge is 0.375 e. The van der Waals surface area contributed by atoms with Gasteiger partial charge in [0.1, 0.15) is 0 Å². The quantitative estimate of drug-likeness (QED) is 0.413. The fourth-order valence-corrected chi connectivity index (χ4v) is 0.831. The summed E-state index contributed by atoms with van der Waals surface area (Å²) in [5.41, 5.74) is 10.4. The summed E-state index contributed by atoms with van der Waals surface area (Å²) >= 11 is 7.45. The number of alkyl halides is 1. The van der Waals surface area contributed by atoms with E-state index < -0.39 is 0 Å². The highest BCUT2D eigenvalue weighted by molar-refractivity contribution is 9.08. The van der Waals surface area contributed by atoms with Crippen LogP contribution in [0.4, 0.5) is 0 Å². The van der Waals surface area contributed by atoms with Crippen LogP contribution in [-0.4, -0.2) is 16.9 Å². The Morgan fingerprint density at radius 2 is 1.80 bits per heavy atom. The molecule has 0 atom stereocenters. The van der Waals surface area contributed by atoms with E-state index in [1.165, 1.54) is 0 Å². The third kappa shape index (κ3) is 6.03. The molecule has 0 aliphatic carbocycles. The van der Waals surface area contributed by atoms with Crippen molar-refractivity contribution < 1.29 is 4.79 Å². The number of rotatable bonds is 1. The van der Waals surface area contributed by atoms with Crippen LogP contribution in [0, 0.1) is 0 Å². The molecule has 0 aliphatic rings. The molecule has 0 radical (unpaired) electrons. The fourth-order valence-electron chi connectivity index (χ4n) is 0.780. The number of carbonyl (C=O) groups is 1. The normalized spacial score (nSPS) is 8.13. The van der Waals surface area contributed by atoms with Gasteiger partial charge < -0.3 is 5.73 Å². The van der Waals surface area contributed by atoms with Gasteiger partial charge in [-0.2, -0.15) is 0 Å². The molecule has 0 fully saturated rings. The van der Waals surface area contributed by atoms with Gasteiger partial charge in [-0.1, -0.05) is 34.1 Å². The molecule has 0 heterocycles. The lowest BCUT2D eigenvalue weighted by molar-refractivity contribution is 0.0944. The lowest BCUT2D eigenvalue weighted by Gasteiger charge is -2.05. The number of hydrogen-bond acceptors (Lipinski definition) is 2. The lowest BCUT2D eigenvalue weighted by Crippen LogP contribution is -2.44. The monoisotopic (exact) mass is 289 g/mol. The maximum absolute atomic E-state index is 11.3. The van der Waals surface area contributed by atoms with Gasteiger partial charge in [-0.15, -0.1) is 0 Å². The third-order valence-corrected chi connectivity index (χ3v) is 1.44. The van der Waals surface area contributed by atoms with Crippen LogP contribution in [0.2, 0.25) is 0 Å². The molecule has 1 amide bonds. The minimum Gasteiger partial charge on any atom is -0.375 e. The summed E-state index contributed by atoms with van der Waals surface area (Å²) in [5, 5.41) is 0.0317. The molecule has 82 valence electrons. The molecule has 0 bridgehead atoms. The summed E-state index contributed by atoms with van der Waals surface area (Å²) in [5.74, 6) is 1.54. The first kappa shape index (κ1) is 13.9. The summed E-state index contributed by atoms with van der Waals surface area (Å²) < 4.78 is 0. The number of nitrogens with two attached hydrogens (primary N) is 1. The fraction of sp³-hybridized carbons (Fsp3) is 0.111. The van der Waals surface area contributed by atoms with Crippen LogP contribution in [0.3, 0.4) is 0 Å². The van der Waals surface area contributed by atoms with E-state index in [0.29, 0.717) is 5.56 Å². The van der Waals surface area contributed by atoms with E-state index in [0.717, 1.165) is 0 Å². The van der Waals surface area contributed by atoms with Crippen LogP contribution in [0.5, 0.6) is 0 Å². The van der Waals surface area contributed by atoms with Crippen LogP contribution >= 0.6 is 28.1 Å². The molecular weight excluding hydrogens is 278 g/mol. The van der Waals surface area contributed by atoms with Crippen molar-refractivity contribution in [3.05, 3.63) is 35.9 Å². The van der Waals surface area contributed by atoms with E-state index >= 15 is 0 Å². The Hall–Kier alpha value is -1.14. The molecule has 1 aromatic carbocycles. The number of benzene rings is 1. The third-order valence-electron chi connectivity index (χ3n) is 1.34. The Kier molecular flexibility index (Phi) is 7.57. The van der Waals surface area contributed by atoms with Crippen molar-refractivity contribution in [2.24, 2.45) is 5.73 Å². The Bertz CT molecular complexity index is 318. The molecule has 1 rings (SSSR count). The summed E-state index contributed by atoms with van der Waals surface area (Å²) in [6, 6.07) is 8.76. The standard InChI is InChI=1S/C8H9N3OS.CH3Br/c9-8(13)11-10-7(12)6-4-2-1-3-5-6;1-2/h1-5H,(H,10,12)(H3,9,11,13);1H3. The van der Waals surface area contributed by atoms with E-state index in [4.69, 9.17) is 5.73 Å². The number of nitrogens with one attached hydrogen (secondary N) is 2.